The molecule has 0 radical (unpaired) electrons. The van der Waals surface area contributed by atoms with Crippen molar-refractivity contribution in [1.29, 1.82) is 0 Å². The highest BCUT2D eigenvalue weighted by Crippen LogP contribution is 2.35. The predicted molar refractivity (Wildman–Crippen MR) is 61.3 cm³/mol. The smallest absolute Gasteiger partial charge is 0.337 e. The maximum Gasteiger partial charge on any atom is 0.416 e. The van der Waals surface area contributed by atoms with Gasteiger partial charge in [0.05, 0.1) is 5.56 Å². The second kappa shape index (κ2) is 4.80. The molecule has 0 atom stereocenters. The summed E-state index contributed by atoms with van der Waals surface area (Å²) in [6.45, 7) is 0.399. The van der Waals surface area contributed by atoms with Crippen molar-refractivity contribution in [3.8, 4) is 0 Å². The van der Waals surface area contributed by atoms with Gasteiger partial charge in [-0.05, 0) is 23.6 Å². The minimum atomic E-state index is -4.39. The lowest BCUT2D eigenvalue weighted by Crippen LogP contribution is -2.37. The van der Waals surface area contributed by atoms with Gasteiger partial charge in [-0.25, -0.2) is 0 Å². The molecule has 1 aromatic carbocycles. The van der Waals surface area contributed by atoms with E-state index in [4.69, 9.17) is 11.6 Å². The number of rotatable bonds is 1. The fraction of sp³-hybridized carbons (Fsp3) is 0.417. The molecule has 1 aliphatic heterocycles. The van der Waals surface area contributed by atoms with E-state index < -0.39 is 11.7 Å². The first-order valence-corrected chi connectivity index (χ1v) is 5.98. The first kappa shape index (κ1) is 13.2. The Bertz CT molecular complexity index is 473. The van der Waals surface area contributed by atoms with Crippen molar-refractivity contribution >= 4 is 17.5 Å². The van der Waals surface area contributed by atoms with Crippen molar-refractivity contribution < 1.29 is 18.0 Å². The molecule has 18 heavy (non-hydrogen) atoms. The zero-order valence-corrected chi connectivity index (χ0v) is 10.2. The van der Waals surface area contributed by atoms with Gasteiger partial charge in [-0.2, -0.15) is 13.2 Å². The van der Waals surface area contributed by atoms with Crippen LogP contribution in [-0.4, -0.2) is 23.2 Å². The van der Waals surface area contributed by atoms with Crippen molar-refractivity contribution in [2.75, 3.05) is 12.4 Å². The second-order valence-electron chi connectivity index (χ2n) is 4.14. The monoisotopic (exact) mass is 277 g/mol. The first-order valence-electron chi connectivity index (χ1n) is 5.45. The maximum atomic E-state index is 12.9. The van der Waals surface area contributed by atoms with Crippen LogP contribution in [0, 0.1) is 0 Å². The molecule has 1 aliphatic rings. The summed E-state index contributed by atoms with van der Waals surface area (Å²) in [5.74, 6) is -0.539. The molecule has 98 valence electrons. The van der Waals surface area contributed by atoms with Gasteiger partial charge in [-0.1, -0.05) is 12.1 Å². The number of hydrogen-bond acceptors (Lipinski definition) is 1. The Morgan fingerprint density at radius 2 is 2.11 bits per heavy atom. The van der Waals surface area contributed by atoms with Crippen molar-refractivity contribution in [3.63, 3.8) is 0 Å². The molecule has 1 heterocycles. The molecule has 0 unspecified atom stereocenters. The summed E-state index contributed by atoms with van der Waals surface area (Å²) in [6.07, 6.45) is -3.96. The van der Waals surface area contributed by atoms with Gasteiger partial charge >= 0.3 is 6.18 Å². The highest BCUT2D eigenvalue weighted by molar-refractivity contribution is 6.27. The maximum absolute atomic E-state index is 12.9. The van der Waals surface area contributed by atoms with Crippen LogP contribution in [0.4, 0.5) is 13.2 Å². The zero-order chi connectivity index (χ0) is 13.3. The molecule has 0 aromatic heterocycles. The SMILES string of the molecule is O=C(CCl)N1CCc2cccc(C(F)(F)F)c2C1. The van der Waals surface area contributed by atoms with E-state index in [0.29, 0.717) is 18.5 Å². The van der Waals surface area contributed by atoms with E-state index in [-0.39, 0.29) is 23.9 Å². The summed E-state index contributed by atoms with van der Waals surface area (Å²) < 4.78 is 38.6. The summed E-state index contributed by atoms with van der Waals surface area (Å²) in [7, 11) is 0. The quantitative estimate of drug-likeness (QED) is 0.723. The molecule has 0 bridgehead atoms. The summed E-state index contributed by atoms with van der Waals surface area (Å²) >= 11 is 5.43. The Hall–Kier alpha value is -1.23. The molecule has 0 saturated carbocycles. The number of nitrogens with zero attached hydrogens (tertiary/aromatic N) is 1. The second-order valence-corrected chi connectivity index (χ2v) is 4.41. The average Bonchev–Trinajstić information content (AvgIpc) is 2.35. The molecule has 0 aliphatic carbocycles. The van der Waals surface area contributed by atoms with E-state index in [9.17, 15) is 18.0 Å². The van der Waals surface area contributed by atoms with E-state index in [1.54, 1.807) is 6.07 Å². The van der Waals surface area contributed by atoms with Crippen LogP contribution >= 0.6 is 11.6 Å². The number of carbonyl (C=O) groups is 1. The molecule has 0 N–H and O–H groups in total. The van der Waals surface area contributed by atoms with Crippen LogP contribution in [0.1, 0.15) is 16.7 Å². The Balaban J connectivity index is 2.38. The molecule has 2 nitrogen and oxygen atoms in total. The number of halogens is 4. The van der Waals surface area contributed by atoms with E-state index in [0.717, 1.165) is 6.07 Å². The van der Waals surface area contributed by atoms with Crippen LogP contribution in [0.5, 0.6) is 0 Å². The van der Waals surface area contributed by atoms with E-state index >= 15 is 0 Å². The van der Waals surface area contributed by atoms with Gasteiger partial charge in [-0.3, -0.25) is 4.79 Å². The number of amides is 1. The van der Waals surface area contributed by atoms with Gasteiger partial charge in [0.15, 0.2) is 0 Å². The number of alkyl halides is 4. The largest absolute Gasteiger partial charge is 0.416 e. The van der Waals surface area contributed by atoms with E-state index in [1.807, 2.05) is 0 Å². The highest BCUT2D eigenvalue weighted by Gasteiger charge is 2.35. The molecule has 0 spiro atoms. The average molecular weight is 278 g/mol. The lowest BCUT2D eigenvalue weighted by Gasteiger charge is -2.30. The molecule has 2 rings (SSSR count). The Morgan fingerprint density at radius 3 is 2.72 bits per heavy atom. The molecule has 1 aromatic rings. The number of carbonyl (C=O) groups excluding carboxylic acids is 1. The molecular weight excluding hydrogens is 267 g/mol. The van der Waals surface area contributed by atoms with Crippen molar-refractivity contribution in [1.82, 2.24) is 4.90 Å². The van der Waals surface area contributed by atoms with Gasteiger partial charge < -0.3 is 4.90 Å². The van der Waals surface area contributed by atoms with Crippen LogP contribution in [0.3, 0.4) is 0 Å². The van der Waals surface area contributed by atoms with Crippen molar-refractivity contribution in [2.45, 2.75) is 19.1 Å². The number of fused-ring (bicyclic) bond motifs is 1. The standard InChI is InChI=1S/C12H11ClF3NO/c13-6-11(18)17-5-4-8-2-1-3-10(9(8)7-17)12(14,15)16/h1-3H,4-7H2. The Morgan fingerprint density at radius 1 is 1.39 bits per heavy atom. The van der Waals surface area contributed by atoms with Crippen LogP contribution in [-0.2, 0) is 23.9 Å². The Kier molecular flexibility index (Phi) is 3.52. The minimum absolute atomic E-state index is 0.0173. The topological polar surface area (TPSA) is 20.3 Å². The minimum Gasteiger partial charge on any atom is -0.337 e. The van der Waals surface area contributed by atoms with Crippen molar-refractivity contribution in [2.24, 2.45) is 0 Å². The molecule has 1 amide bonds. The summed E-state index contributed by atoms with van der Waals surface area (Å²) in [5.41, 5.74) is 0.185. The zero-order valence-electron chi connectivity index (χ0n) is 9.43. The number of hydrogen-bond donors (Lipinski definition) is 0. The van der Waals surface area contributed by atoms with Crippen LogP contribution in [0.2, 0.25) is 0 Å². The van der Waals surface area contributed by atoms with Crippen LogP contribution in [0.25, 0.3) is 0 Å². The van der Waals surface area contributed by atoms with Gasteiger partial charge in [0.25, 0.3) is 0 Å². The molecular formula is C12H11ClF3NO. The van der Waals surface area contributed by atoms with E-state index in [1.165, 1.54) is 11.0 Å². The van der Waals surface area contributed by atoms with Gasteiger partial charge in [0.2, 0.25) is 5.91 Å². The highest BCUT2D eigenvalue weighted by atomic mass is 35.5. The Labute approximate surface area is 107 Å². The molecule has 6 heteroatoms. The van der Waals surface area contributed by atoms with Gasteiger partial charge in [0, 0.05) is 13.1 Å². The normalized spacial score (nSPS) is 15.4. The number of benzene rings is 1. The fourth-order valence-electron chi connectivity index (χ4n) is 2.14. The van der Waals surface area contributed by atoms with Crippen LogP contribution < -0.4 is 0 Å². The lowest BCUT2D eigenvalue weighted by molar-refractivity contribution is -0.140. The summed E-state index contributed by atoms with van der Waals surface area (Å²) in [6, 6.07) is 4.13. The summed E-state index contributed by atoms with van der Waals surface area (Å²) in [5, 5.41) is 0. The third-order valence-electron chi connectivity index (χ3n) is 3.05. The third-order valence-corrected chi connectivity index (χ3v) is 3.27. The summed E-state index contributed by atoms with van der Waals surface area (Å²) in [4.78, 5) is 12.8. The van der Waals surface area contributed by atoms with E-state index in [2.05, 4.69) is 0 Å². The third kappa shape index (κ3) is 2.46. The fourth-order valence-corrected chi connectivity index (χ4v) is 2.31. The molecule has 0 saturated heterocycles. The first-order chi connectivity index (χ1) is 8.43. The van der Waals surface area contributed by atoms with Crippen LogP contribution in [0.15, 0.2) is 18.2 Å². The molecule has 0 fully saturated rings. The predicted octanol–water partition coefficient (Wildman–Crippen LogP) is 2.83. The van der Waals surface area contributed by atoms with Gasteiger partial charge in [-0.15, -0.1) is 11.6 Å². The van der Waals surface area contributed by atoms with Gasteiger partial charge in [0.1, 0.15) is 5.88 Å². The lowest BCUT2D eigenvalue weighted by atomic mass is 9.94. The van der Waals surface area contributed by atoms with Crippen molar-refractivity contribution in [3.05, 3.63) is 34.9 Å².